The van der Waals surface area contributed by atoms with Crippen LogP contribution in [0.2, 0.25) is 0 Å². The van der Waals surface area contributed by atoms with Crippen LogP contribution in [0, 0.1) is 0 Å². The first-order chi connectivity index (χ1) is 9.99. The van der Waals surface area contributed by atoms with E-state index in [-0.39, 0.29) is 5.91 Å². The molecule has 1 aromatic carbocycles. The quantitative estimate of drug-likeness (QED) is 0.574. The summed E-state index contributed by atoms with van der Waals surface area (Å²) in [5.41, 5.74) is 1.35. The fourth-order valence-corrected chi connectivity index (χ4v) is 2.24. The molecule has 5 nitrogen and oxygen atoms in total. The predicted octanol–water partition coefficient (Wildman–Crippen LogP) is 2.79. The molecule has 0 fully saturated rings. The van der Waals surface area contributed by atoms with Crippen LogP contribution in [-0.2, 0) is 4.74 Å². The standard InChI is InChI=1S/C15H20BrNO4/c1-10(2)9-21-6-5-17-15(18)12-7-11(19-3)8-13(16)14(12)20-4/h7-8H,1,5-6,9H2,2-4H3,(H,17,18). The SMILES string of the molecule is C=C(C)COCCNC(=O)c1cc(OC)cc(Br)c1OC. The molecule has 0 aliphatic rings. The first-order valence-electron chi connectivity index (χ1n) is 6.41. The molecule has 0 aromatic heterocycles. The molecule has 0 saturated heterocycles. The molecule has 6 heteroatoms. The van der Waals surface area contributed by atoms with Crippen molar-refractivity contribution in [2.75, 3.05) is 34.0 Å². The Balaban J connectivity index is 2.68. The molecular formula is C15H20BrNO4. The Morgan fingerprint density at radius 2 is 2.05 bits per heavy atom. The monoisotopic (exact) mass is 357 g/mol. The zero-order chi connectivity index (χ0) is 15.8. The lowest BCUT2D eigenvalue weighted by Gasteiger charge is -2.13. The van der Waals surface area contributed by atoms with E-state index in [9.17, 15) is 4.79 Å². The number of amides is 1. The van der Waals surface area contributed by atoms with Gasteiger partial charge >= 0.3 is 0 Å². The van der Waals surface area contributed by atoms with Crippen LogP contribution in [0.5, 0.6) is 11.5 Å². The highest BCUT2D eigenvalue weighted by Gasteiger charge is 2.16. The van der Waals surface area contributed by atoms with E-state index in [2.05, 4.69) is 27.8 Å². The molecule has 0 spiro atoms. The van der Waals surface area contributed by atoms with Crippen LogP contribution in [0.4, 0.5) is 0 Å². The number of halogens is 1. The Morgan fingerprint density at radius 3 is 2.62 bits per heavy atom. The van der Waals surface area contributed by atoms with Gasteiger partial charge in [0.2, 0.25) is 0 Å². The van der Waals surface area contributed by atoms with Gasteiger partial charge in [0.05, 0.1) is 37.5 Å². The van der Waals surface area contributed by atoms with Crippen LogP contribution < -0.4 is 14.8 Å². The van der Waals surface area contributed by atoms with Crippen molar-refractivity contribution in [3.63, 3.8) is 0 Å². The van der Waals surface area contributed by atoms with E-state index in [1.807, 2.05) is 6.92 Å². The van der Waals surface area contributed by atoms with E-state index in [1.165, 1.54) is 7.11 Å². The van der Waals surface area contributed by atoms with Crippen LogP contribution >= 0.6 is 15.9 Å². The molecule has 0 atom stereocenters. The van der Waals surface area contributed by atoms with Gasteiger partial charge in [-0.25, -0.2) is 0 Å². The number of ether oxygens (including phenoxy) is 3. The summed E-state index contributed by atoms with van der Waals surface area (Å²) >= 11 is 3.36. The number of nitrogens with one attached hydrogen (secondary N) is 1. The van der Waals surface area contributed by atoms with E-state index in [4.69, 9.17) is 14.2 Å². The Bertz CT molecular complexity index is 517. The van der Waals surface area contributed by atoms with Crippen LogP contribution in [-0.4, -0.2) is 39.9 Å². The van der Waals surface area contributed by atoms with Gasteiger partial charge in [0.25, 0.3) is 5.91 Å². The zero-order valence-electron chi connectivity index (χ0n) is 12.5. The first-order valence-corrected chi connectivity index (χ1v) is 7.20. The van der Waals surface area contributed by atoms with E-state index in [1.54, 1.807) is 19.2 Å². The number of hydrogen-bond donors (Lipinski definition) is 1. The maximum atomic E-state index is 12.2. The molecule has 1 aromatic rings. The summed E-state index contributed by atoms with van der Waals surface area (Å²) in [7, 11) is 3.06. The van der Waals surface area contributed by atoms with Gasteiger partial charge in [-0.3, -0.25) is 4.79 Å². The lowest BCUT2D eigenvalue weighted by Crippen LogP contribution is -2.28. The third-order valence-electron chi connectivity index (χ3n) is 2.58. The largest absolute Gasteiger partial charge is 0.497 e. The molecule has 1 rings (SSSR count). The second-order valence-corrected chi connectivity index (χ2v) is 5.31. The Labute approximate surface area is 133 Å². The number of carbonyl (C=O) groups excluding carboxylic acids is 1. The van der Waals surface area contributed by atoms with E-state index in [0.29, 0.717) is 41.3 Å². The molecule has 1 amide bonds. The van der Waals surface area contributed by atoms with E-state index in [0.717, 1.165) is 5.57 Å². The first kappa shape index (κ1) is 17.5. The minimum absolute atomic E-state index is 0.245. The Hall–Kier alpha value is -1.53. The highest BCUT2D eigenvalue weighted by molar-refractivity contribution is 9.10. The minimum Gasteiger partial charge on any atom is -0.497 e. The number of carbonyl (C=O) groups is 1. The summed E-state index contributed by atoms with van der Waals surface area (Å²) < 4.78 is 16.4. The predicted molar refractivity (Wildman–Crippen MR) is 85.2 cm³/mol. The lowest BCUT2D eigenvalue weighted by molar-refractivity contribution is 0.0923. The summed E-state index contributed by atoms with van der Waals surface area (Å²) in [4.78, 5) is 12.2. The third kappa shape index (κ3) is 5.40. The Kier molecular flexibility index (Phi) is 7.25. The van der Waals surface area contributed by atoms with Gasteiger partial charge in [0.1, 0.15) is 11.5 Å². The number of rotatable bonds is 8. The maximum absolute atomic E-state index is 12.2. The summed E-state index contributed by atoms with van der Waals surface area (Å²) in [5.74, 6) is 0.799. The molecular weight excluding hydrogens is 338 g/mol. The Morgan fingerprint density at radius 1 is 1.33 bits per heavy atom. The normalized spacial score (nSPS) is 10.1. The van der Waals surface area contributed by atoms with Crippen LogP contribution in [0.15, 0.2) is 28.8 Å². The molecule has 0 radical (unpaired) electrons. The van der Waals surface area contributed by atoms with Crippen molar-refractivity contribution < 1.29 is 19.0 Å². The smallest absolute Gasteiger partial charge is 0.255 e. The van der Waals surface area contributed by atoms with Crippen molar-refractivity contribution in [1.29, 1.82) is 0 Å². The second-order valence-electron chi connectivity index (χ2n) is 4.46. The van der Waals surface area contributed by atoms with Crippen molar-refractivity contribution in [3.05, 3.63) is 34.3 Å². The van der Waals surface area contributed by atoms with Crippen molar-refractivity contribution in [3.8, 4) is 11.5 Å². The van der Waals surface area contributed by atoms with Gasteiger partial charge in [0.15, 0.2) is 0 Å². The van der Waals surface area contributed by atoms with Crippen LogP contribution in [0.3, 0.4) is 0 Å². The topological polar surface area (TPSA) is 56.8 Å². The van der Waals surface area contributed by atoms with Gasteiger partial charge in [-0.2, -0.15) is 0 Å². The zero-order valence-corrected chi connectivity index (χ0v) is 14.1. The average Bonchev–Trinajstić information content (AvgIpc) is 2.45. The third-order valence-corrected chi connectivity index (χ3v) is 3.17. The molecule has 0 aliphatic carbocycles. The molecule has 0 aliphatic heterocycles. The number of benzene rings is 1. The molecule has 1 N–H and O–H groups in total. The van der Waals surface area contributed by atoms with Crippen molar-refractivity contribution in [1.82, 2.24) is 5.32 Å². The highest BCUT2D eigenvalue weighted by Crippen LogP contribution is 2.33. The van der Waals surface area contributed by atoms with Crippen molar-refractivity contribution >= 4 is 21.8 Å². The van der Waals surface area contributed by atoms with E-state index < -0.39 is 0 Å². The van der Waals surface area contributed by atoms with Gasteiger partial charge in [-0.1, -0.05) is 12.2 Å². The van der Waals surface area contributed by atoms with Gasteiger partial charge < -0.3 is 19.5 Å². The molecule has 0 heterocycles. The fourth-order valence-electron chi connectivity index (χ4n) is 1.64. The maximum Gasteiger partial charge on any atom is 0.255 e. The average molecular weight is 358 g/mol. The summed E-state index contributed by atoms with van der Waals surface area (Å²) in [5, 5.41) is 2.78. The molecule has 0 unspecified atom stereocenters. The van der Waals surface area contributed by atoms with Crippen LogP contribution in [0.1, 0.15) is 17.3 Å². The highest BCUT2D eigenvalue weighted by atomic mass is 79.9. The minimum atomic E-state index is -0.245. The number of hydrogen-bond acceptors (Lipinski definition) is 4. The fraction of sp³-hybridized carbons (Fsp3) is 0.400. The number of methoxy groups -OCH3 is 2. The van der Waals surface area contributed by atoms with Crippen molar-refractivity contribution in [2.24, 2.45) is 0 Å². The van der Waals surface area contributed by atoms with Crippen LogP contribution in [0.25, 0.3) is 0 Å². The van der Waals surface area contributed by atoms with E-state index >= 15 is 0 Å². The molecule has 0 saturated carbocycles. The lowest BCUT2D eigenvalue weighted by atomic mass is 10.1. The summed E-state index contributed by atoms with van der Waals surface area (Å²) in [6, 6.07) is 3.37. The van der Waals surface area contributed by atoms with Gasteiger partial charge in [-0.15, -0.1) is 0 Å². The summed E-state index contributed by atoms with van der Waals surface area (Å²) in [6.45, 7) is 6.94. The molecule has 21 heavy (non-hydrogen) atoms. The van der Waals surface area contributed by atoms with Gasteiger partial charge in [-0.05, 0) is 35.0 Å². The summed E-state index contributed by atoms with van der Waals surface area (Å²) in [6.07, 6.45) is 0. The van der Waals surface area contributed by atoms with Crippen molar-refractivity contribution in [2.45, 2.75) is 6.92 Å². The molecule has 0 bridgehead atoms. The van der Waals surface area contributed by atoms with Gasteiger partial charge in [0, 0.05) is 6.54 Å². The second kappa shape index (κ2) is 8.69. The molecule has 116 valence electrons.